The topological polar surface area (TPSA) is 59.1 Å². The molecule has 8 heteroatoms. The summed E-state index contributed by atoms with van der Waals surface area (Å²) in [5.74, 6) is -0.511. The molecule has 2 rings (SSSR count). The number of aromatic nitrogens is 1. The SMILES string of the molecule is CS(=O)(=O)c1ccc(F)c(NCc2cnc(Cl)s2)c1. The van der Waals surface area contributed by atoms with E-state index in [0.717, 1.165) is 17.2 Å². The third kappa shape index (κ3) is 3.65. The quantitative estimate of drug-likeness (QED) is 0.880. The summed E-state index contributed by atoms with van der Waals surface area (Å²) in [4.78, 5) is 4.76. The fourth-order valence-electron chi connectivity index (χ4n) is 1.42. The van der Waals surface area contributed by atoms with Gasteiger partial charge in [0.25, 0.3) is 0 Å². The van der Waals surface area contributed by atoms with E-state index in [2.05, 4.69) is 10.3 Å². The molecule has 1 heterocycles. The second kappa shape index (κ2) is 5.44. The van der Waals surface area contributed by atoms with Crippen LogP contribution in [0, 0.1) is 5.82 Å². The van der Waals surface area contributed by atoms with Gasteiger partial charge in [-0.2, -0.15) is 0 Å². The van der Waals surface area contributed by atoms with Crippen molar-refractivity contribution in [3.63, 3.8) is 0 Å². The predicted molar refractivity (Wildman–Crippen MR) is 74.0 cm³/mol. The van der Waals surface area contributed by atoms with Crippen LogP contribution in [-0.4, -0.2) is 19.7 Å². The Hall–Kier alpha value is -1.18. The molecule has 0 aliphatic rings. The van der Waals surface area contributed by atoms with Gasteiger partial charge >= 0.3 is 0 Å². The van der Waals surface area contributed by atoms with Gasteiger partial charge in [-0.05, 0) is 18.2 Å². The van der Waals surface area contributed by atoms with Gasteiger partial charge < -0.3 is 5.32 Å². The number of thiazole rings is 1. The lowest BCUT2D eigenvalue weighted by Gasteiger charge is -2.07. The van der Waals surface area contributed by atoms with Crippen LogP contribution in [0.5, 0.6) is 0 Å². The van der Waals surface area contributed by atoms with E-state index in [1.165, 1.54) is 23.5 Å². The van der Waals surface area contributed by atoms with Gasteiger partial charge in [-0.3, -0.25) is 0 Å². The average molecular weight is 321 g/mol. The van der Waals surface area contributed by atoms with Crippen LogP contribution in [0.15, 0.2) is 29.3 Å². The molecule has 0 spiro atoms. The van der Waals surface area contributed by atoms with E-state index in [4.69, 9.17) is 11.6 Å². The standard InChI is InChI=1S/C11H10ClFN2O2S2/c1-19(16,17)8-2-3-9(13)10(4-8)14-5-7-6-15-11(12)18-7/h2-4,6,14H,5H2,1H3. The lowest BCUT2D eigenvalue weighted by atomic mass is 10.3. The molecule has 4 nitrogen and oxygen atoms in total. The smallest absolute Gasteiger partial charge is 0.183 e. The highest BCUT2D eigenvalue weighted by Gasteiger charge is 2.11. The maximum Gasteiger partial charge on any atom is 0.183 e. The van der Waals surface area contributed by atoms with Crippen molar-refractivity contribution in [3.8, 4) is 0 Å². The summed E-state index contributed by atoms with van der Waals surface area (Å²) < 4.78 is 36.8. The van der Waals surface area contributed by atoms with Crippen LogP contribution < -0.4 is 5.32 Å². The van der Waals surface area contributed by atoms with Gasteiger partial charge in [-0.25, -0.2) is 17.8 Å². The molecule has 1 N–H and O–H groups in total. The van der Waals surface area contributed by atoms with Gasteiger partial charge in [0.1, 0.15) is 5.82 Å². The number of sulfone groups is 1. The highest BCUT2D eigenvalue weighted by atomic mass is 35.5. The molecule has 0 amide bonds. The fourth-order valence-corrected chi connectivity index (χ4v) is 2.98. The largest absolute Gasteiger partial charge is 0.378 e. The lowest BCUT2D eigenvalue weighted by molar-refractivity contribution is 0.600. The summed E-state index contributed by atoms with van der Waals surface area (Å²) in [6, 6.07) is 3.63. The van der Waals surface area contributed by atoms with E-state index in [1.807, 2.05) is 0 Å². The summed E-state index contributed by atoms with van der Waals surface area (Å²) in [6.07, 6.45) is 2.66. The molecule has 102 valence electrons. The van der Waals surface area contributed by atoms with Crippen molar-refractivity contribution in [1.82, 2.24) is 4.98 Å². The first-order valence-corrected chi connectivity index (χ1v) is 8.28. The zero-order chi connectivity index (χ0) is 14.0. The highest BCUT2D eigenvalue weighted by molar-refractivity contribution is 7.90. The third-order valence-electron chi connectivity index (χ3n) is 2.34. The predicted octanol–water partition coefficient (Wildman–Crippen LogP) is 2.95. The molecular weight excluding hydrogens is 311 g/mol. The minimum absolute atomic E-state index is 0.0683. The first-order valence-electron chi connectivity index (χ1n) is 5.20. The molecule has 0 radical (unpaired) electrons. The van der Waals surface area contributed by atoms with Crippen LogP contribution in [0.25, 0.3) is 0 Å². The average Bonchev–Trinajstić information content (AvgIpc) is 2.72. The molecule has 0 fully saturated rings. The molecule has 19 heavy (non-hydrogen) atoms. The summed E-state index contributed by atoms with van der Waals surface area (Å²) in [6.45, 7) is 0.328. The molecule has 0 unspecified atom stereocenters. The van der Waals surface area contributed by atoms with E-state index in [1.54, 1.807) is 6.20 Å². The number of hydrogen-bond acceptors (Lipinski definition) is 5. The molecule has 0 atom stereocenters. The van der Waals surface area contributed by atoms with E-state index in [9.17, 15) is 12.8 Å². The third-order valence-corrected chi connectivity index (χ3v) is 4.57. The monoisotopic (exact) mass is 320 g/mol. The number of rotatable bonds is 4. The summed E-state index contributed by atoms with van der Waals surface area (Å²) in [7, 11) is -3.36. The van der Waals surface area contributed by atoms with Gasteiger partial charge in [-0.1, -0.05) is 11.6 Å². The van der Waals surface area contributed by atoms with Crippen LogP contribution in [-0.2, 0) is 16.4 Å². The molecule has 0 bridgehead atoms. The van der Waals surface area contributed by atoms with Crippen LogP contribution in [0.3, 0.4) is 0 Å². The van der Waals surface area contributed by atoms with Crippen LogP contribution in [0.1, 0.15) is 4.88 Å². The first kappa shape index (κ1) is 14.2. The Morgan fingerprint density at radius 3 is 2.79 bits per heavy atom. The number of hydrogen-bond donors (Lipinski definition) is 1. The van der Waals surface area contributed by atoms with Crippen molar-refractivity contribution >= 4 is 38.5 Å². The first-order chi connectivity index (χ1) is 8.86. The van der Waals surface area contributed by atoms with Crippen molar-refractivity contribution in [2.24, 2.45) is 0 Å². The molecule has 0 aliphatic heterocycles. The van der Waals surface area contributed by atoms with Crippen molar-refractivity contribution in [2.75, 3.05) is 11.6 Å². The van der Waals surface area contributed by atoms with Gasteiger partial charge in [0, 0.05) is 17.3 Å². The minimum atomic E-state index is -3.36. The number of anilines is 1. The van der Waals surface area contributed by atoms with Crippen LogP contribution in [0.2, 0.25) is 4.47 Å². The molecule has 2 aromatic rings. The van der Waals surface area contributed by atoms with E-state index >= 15 is 0 Å². The van der Waals surface area contributed by atoms with Gasteiger partial charge in [-0.15, -0.1) is 11.3 Å². The lowest BCUT2D eigenvalue weighted by Crippen LogP contribution is -2.03. The van der Waals surface area contributed by atoms with Crippen LogP contribution in [0.4, 0.5) is 10.1 Å². The maximum atomic E-state index is 13.6. The van der Waals surface area contributed by atoms with E-state index in [0.29, 0.717) is 11.0 Å². The Kier molecular flexibility index (Phi) is 4.07. The molecule has 1 aromatic carbocycles. The minimum Gasteiger partial charge on any atom is -0.378 e. The summed E-state index contributed by atoms with van der Waals surface area (Å²) in [5.41, 5.74) is 0.132. The molecule has 0 saturated carbocycles. The Morgan fingerprint density at radius 1 is 1.47 bits per heavy atom. The zero-order valence-corrected chi connectivity index (χ0v) is 12.2. The Morgan fingerprint density at radius 2 is 2.21 bits per heavy atom. The maximum absolute atomic E-state index is 13.6. The number of nitrogens with zero attached hydrogens (tertiary/aromatic N) is 1. The zero-order valence-electron chi connectivity index (χ0n) is 9.85. The Bertz CT molecular complexity index is 700. The molecule has 0 aliphatic carbocycles. The van der Waals surface area contributed by atoms with Gasteiger partial charge in [0.15, 0.2) is 14.3 Å². The Labute approximate surface area is 119 Å². The van der Waals surface area contributed by atoms with E-state index in [-0.39, 0.29) is 10.6 Å². The normalized spacial score (nSPS) is 11.5. The van der Waals surface area contributed by atoms with E-state index < -0.39 is 15.7 Å². The molecular formula is C11H10ClFN2O2S2. The van der Waals surface area contributed by atoms with Crippen molar-refractivity contribution in [1.29, 1.82) is 0 Å². The second-order valence-electron chi connectivity index (χ2n) is 3.85. The molecule has 1 aromatic heterocycles. The Balaban J connectivity index is 2.20. The summed E-state index contributed by atoms with van der Waals surface area (Å²) in [5, 5.41) is 2.83. The van der Waals surface area contributed by atoms with Gasteiger partial charge in [0.2, 0.25) is 0 Å². The number of halogens is 2. The van der Waals surface area contributed by atoms with Crippen molar-refractivity contribution < 1.29 is 12.8 Å². The van der Waals surface area contributed by atoms with Crippen LogP contribution >= 0.6 is 22.9 Å². The highest BCUT2D eigenvalue weighted by Crippen LogP contribution is 2.22. The number of benzene rings is 1. The number of nitrogens with one attached hydrogen (secondary N) is 1. The van der Waals surface area contributed by atoms with Crippen molar-refractivity contribution in [3.05, 3.63) is 39.6 Å². The van der Waals surface area contributed by atoms with Crippen molar-refractivity contribution in [2.45, 2.75) is 11.4 Å². The summed E-state index contributed by atoms with van der Waals surface area (Å²) >= 11 is 6.96. The molecule has 0 saturated heterocycles. The second-order valence-corrected chi connectivity index (χ2v) is 7.56. The fraction of sp³-hybridized carbons (Fsp3) is 0.182. The van der Waals surface area contributed by atoms with Gasteiger partial charge in [0.05, 0.1) is 17.1 Å².